The predicted octanol–water partition coefficient (Wildman–Crippen LogP) is 3.11. The molecule has 0 fully saturated rings. The second-order valence-corrected chi connectivity index (χ2v) is 6.40. The van der Waals surface area contributed by atoms with Gasteiger partial charge >= 0.3 is 5.97 Å². The third kappa shape index (κ3) is 5.64. The highest BCUT2D eigenvalue weighted by Crippen LogP contribution is 2.21. The molecule has 0 saturated heterocycles. The van der Waals surface area contributed by atoms with Crippen LogP contribution in [0.15, 0.2) is 15.2 Å². The molecule has 0 radical (unpaired) electrons. The largest absolute Gasteiger partial charge is 0.481 e. The lowest BCUT2D eigenvalue weighted by Crippen LogP contribution is -2.25. The Kier molecular flexibility index (Phi) is 6.35. The molecule has 1 rings (SSSR count). The molecule has 0 aliphatic carbocycles. The van der Waals surface area contributed by atoms with E-state index >= 15 is 0 Å². The van der Waals surface area contributed by atoms with Crippen molar-refractivity contribution in [2.24, 2.45) is 0 Å². The van der Waals surface area contributed by atoms with Crippen molar-refractivity contribution in [3.63, 3.8) is 0 Å². The zero-order valence-corrected chi connectivity index (χ0v) is 12.6. The summed E-state index contributed by atoms with van der Waals surface area (Å²) in [5.41, 5.74) is 1.10. The molecule has 1 aromatic heterocycles. The van der Waals surface area contributed by atoms with Gasteiger partial charge in [-0.1, -0.05) is 0 Å². The van der Waals surface area contributed by atoms with Crippen LogP contribution in [0.5, 0.6) is 0 Å². The fraction of sp³-hybridized carbons (Fsp3) is 0.500. The number of aliphatic carboxylic acids is 1. The third-order valence-corrected chi connectivity index (χ3v) is 4.05. The minimum atomic E-state index is -0.807. The Labute approximate surface area is 119 Å². The predicted molar refractivity (Wildman–Crippen MR) is 74.6 cm³/mol. The van der Waals surface area contributed by atoms with Gasteiger partial charge in [-0.2, -0.15) is 0 Å². The summed E-state index contributed by atoms with van der Waals surface area (Å²) in [6.45, 7) is 0.597. The Balaban J connectivity index is 2.26. The van der Waals surface area contributed by atoms with E-state index in [-0.39, 0.29) is 12.3 Å². The van der Waals surface area contributed by atoms with Crippen molar-refractivity contribution in [2.45, 2.75) is 32.2 Å². The van der Waals surface area contributed by atoms with Crippen LogP contribution < -0.4 is 0 Å². The number of unbranched alkanes of at least 4 members (excludes halogenated alkanes) is 1. The van der Waals surface area contributed by atoms with Gasteiger partial charge in [-0.25, -0.2) is 0 Å². The number of carbonyl (C=O) groups is 2. The lowest BCUT2D eigenvalue weighted by molar-refractivity contribution is -0.137. The number of carboxylic acids is 1. The molecule has 1 amide bonds. The normalized spacial score (nSPS) is 10.3. The number of hydrogen-bond donors (Lipinski definition) is 1. The molecule has 4 nitrogen and oxygen atoms in total. The maximum atomic E-state index is 11.8. The Morgan fingerprint density at radius 3 is 2.61 bits per heavy atom. The Bertz CT molecular complexity index is 419. The first-order valence-electron chi connectivity index (χ1n) is 5.67. The first-order chi connectivity index (χ1) is 8.49. The van der Waals surface area contributed by atoms with Crippen LogP contribution in [0, 0.1) is 0 Å². The molecular weight excluding hydrogens is 318 g/mol. The number of carboxylic acid groups (broad SMARTS) is 1. The van der Waals surface area contributed by atoms with Crippen molar-refractivity contribution >= 4 is 39.1 Å². The van der Waals surface area contributed by atoms with E-state index in [0.717, 1.165) is 9.35 Å². The van der Waals surface area contributed by atoms with Gasteiger partial charge in [0.05, 0.1) is 3.79 Å². The van der Waals surface area contributed by atoms with Crippen molar-refractivity contribution in [3.05, 3.63) is 20.8 Å². The second kappa shape index (κ2) is 7.53. The van der Waals surface area contributed by atoms with E-state index in [4.69, 9.17) is 5.11 Å². The highest BCUT2D eigenvalue weighted by atomic mass is 79.9. The van der Waals surface area contributed by atoms with Gasteiger partial charge in [-0.3, -0.25) is 9.59 Å². The third-order valence-electron chi connectivity index (χ3n) is 2.50. The van der Waals surface area contributed by atoms with Crippen LogP contribution in [0.25, 0.3) is 0 Å². The van der Waals surface area contributed by atoms with Gasteiger partial charge < -0.3 is 10.0 Å². The maximum absolute atomic E-state index is 11.8. The summed E-state index contributed by atoms with van der Waals surface area (Å²) >= 11 is 4.98. The minimum Gasteiger partial charge on any atom is -0.481 e. The molecule has 0 atom stereocenters. The van der Waals surface area contributed by atoms with Crippen molar-refractivity contribution in [2.75, 3.05) is 7.05 Å². The summed E-state index contributed by atoms with van der Waals surface area (Å²) in [5, 5.41) is 10.5. The summed E-state index contributed by atoms with van der Waals surface area (Å²) in [7, 11) is 1.77. The minimum absolute atomic E-state index is 0.0581. The van der Waals surface area contributed by atoms with Crippen molar-refractivity contribution in [1.29, 1.82) is 0 Å². The van der Waals surface area contributed by atoms with Crippen LogP contribution in [0.4, 0.5) is 0 Å². The Morgan fingerprint density at radius 2 is 2.06 bits per heavy atom. The summed E-state index contributed by atoms with van der Waals surface area (Å²) in [4.78, 5) is 23.8. The number of hydrogen-bond acceptors (Lipinski definition) is 3. The molecule has 0 saturated carbocycles. The van der Waals surface area contributed by atoms with Crippen LogP contribution in [0.1, 0.15) is 31.2 Å². The summed E-state index contributed by atoms with van der Waals surface area (Å²) in [6, 6.07) is 2.00. The number of halogens is 1. The zero-order chi connectivity index (χ0) is 13.5. The average molecular weight is 334 g/mol. The number of thiophene rings is 1. The highest BCUT2D eigenvalue weighted by molar-refractivity contribution is 9.11. The van der Waals surface area contributed by atoms with Gasteiger partial charge in [0.25, 0.3) is 0 Å². The molecule has 0 aliphatic heterocycles. The van der Waals surface area contributed by atoms with E-state index in [2.05, 4.69) is 15.9 Å². The van der Waals surface area contributed by atoms with Crippen molar-refractivity contribution in [3.8, 4) is 0 Å². The van der Waals surface area contributed by atoms with E-state index in [1.165, 1.54) is 0 Å². The van der Waals surface area contributed by atoms with E-state index in [1.54, 1.807) is 23.3 Å². The summed E-state index contributed by atoms with van der Waals surface area (Å²) < 4.78 is 1.06. The molecule has 100 valence electrons. The Morgan fingerprint density at radius 1 is 1.39 bits per heavy atom. The number of nitrogens with zero attached hydrogens (tertiary/aromatic N) is 1. The summed E-state index contributed by atoms with van der Waals surface area (Å²) in [5.74, 6) is -0.748. The second-order valence-electron chi connectivity index (χ2n) is 4.11. The molecule has 1 N–H and O–H groups in total. The molecule has 0 spiro atoms. The molecule has 1 aromatic rings. The smallest absolute Gasteiger partial charge is 0.303 e. The van der Waals surface area contributed by atoms with Crippen LogP contribution in [-0.2, 0) is 16.1 Å². The standard InChI is InChI=1S/C12H16BrNO3S/c1-14(7-9-6-10(13)18-8-9)11(15)4-2-3-5-12(16)17/h6,8H,2-5,7H2,1H3,(H,16,17). The average Bonchev–Trinajstić information content (AvgIpc) is 2.69. The first-order valence-corrected chi connectivity index (χ1v) is 7.35. The molecule has 18 heavy (non-hydrogen) atoms. The van der Waals surface area contributed by atoms with Crippen LogP contribution in [0.3, 0.4) is 0 Å². The molecule has 0 unspecified atom stereocenters. The number of carbonyl (C=O) groups excluding carboxylic acids is 1. The van der Waals surface area contributed by atoms with E-state index in [9.17, 15) is 9.59 Å². The number of rotatable bonds is 7. The first kappa shape index (κ1) is 15.2. The maximum Gasteiger partial charge on any atom is 0.303 e. The number of amides is 1. The lowest BCUT2D eigenvalue weighted by Gasteiger charge is -2.16. The molecule has 0 aliphatic rings. The van der Waals surface area contributed by atoms with Gasteiger partial charge in [0.2, 0.25) is 5.91 Å². The van der Waals surface area contributed by atoms with Crippen molar-refractivity contribution < 1.29 is 14.7 Å². The monoisotopic (exact) mass is 333 g/mol. The van der Waals surface area contributed by atoms with E-state index < -0.39 is 5.97 Å². The molecule has 1 heterocycles. The van der Waals surface area contributed by atoms with Gasteiger partial charge in [-0.05, 0) is 45.8 Å². The fourth-order valence-electron chi connectivity index (χ4n) is 1.53. The van der Waals surface area contributed by atoms with Gasteiger partial charge in [0.1, 0.15) is 0 Å². The molecule has 0 aromatic carbocycles. The molecule has 0 bridgehead atoms. The Hall–Kier alpha value is -0.880. The topological polar surface area (TPSA) is 57.6 Å². The van der Waals surface area contributed by atoms with Crippen molar-refractivity contribution in [1.82, 2.24) is 4.90 Å². The van der Waals surface area contributed by atoms with Gasteiger partial charge in [0, 0.05) is 26.4 Å². The zero-order valence-electron chi connectivity index (χ0n) is 10.2. The molecule has 6 heteroatoms. The van der Waals surface area contributed by atoms with Gasteiger partial charge in [-0.15, -0.1) is 11.3 Å². The SMILES string of the molecule is CN(Cc1csc(Br)c1)C(=O)CCCCC(=O)O. The van der Waals surface area contributed by atoms with E-state index in [1.807, 2.05) is 11.4 Å². The quantitative estimate of drug-likeness (QED) is 0.780. The van der Waals surface area contributed by atoms with Crippen LogP contribution in [0.2, 0.25) is 0 Å². The summed E-state index contributed by atoms with van der Waals surface area (Å²) in [6.07, 6.45) is 1.73. The lowest BCUT2D eigenvalue weighted by atomic mass is 10.2. The highest BCUT2D eigenvalue weighted by Gasteiger charge is 2.10. The van der Waals surface area contributed by atoms with Gasteiger partial charge in [0.15, 0.2) is 0 Å². The fourth-order valence-corrected chi connectivity index (χ4v) is 2.73. The molecular formula is C12H16BrNO3S. The van der Waals surface area contributed by atoms with E-state index in [0.29, 0.717) is 25.8 Å². The van der Waals surface area contributed by atoms with Crippen LogP contribution >= 0.6 is 27.3 Å². The van der Waals surface area contributed by atoms with Crippen LogP contribution in [-0.4, -0.2) is 28.9 Å².